The minimum absolute atomic E-state index is 0.223. The fourth-order valence-corrected chi connectivity index (χ4v) is 3.60. The zero-order valence-electron chi connectivity index (χ0n) is 11.8. The highest BCUT2D eigenvalue weighted by Crippen LogP contribution is 2.42. The summed E-state index contributed by atoms with van der Waals surface area (Å²) in [5.41, 5.74) is 0.828. The van der Waals surface area contributed by atoms with E-state index >= 15 is 0 Å². The second kappa shape index (κ2) is 4.16. The average molecular weight is 285 g/mol. The van der Waals surface area contributed by atoms with Crippen molar-refractivity contribution in [3.63, 3.8) is 0 Å². The summed E-state index contributed by atoms with van der Waals surface area (Å²) in [4.78, 5) is 12.6. The Labute approximate surface area is 121 Å². The third-order valence-corrected chi connectivity index (χ3v) is 4.67. The zero-order valence-corrected chi connectivity index (χ0v) is 11.8. The molecule has 0 radical (unpaired) electrons. The Bertz CT molecular complexity index is 779. The van der Waals surface area contributed by atoms with Crippen LogP contribution in [0.1, 0.15) is 29.8 Å². The third-order valence-electron chi connectivity index (χ3n) is 4.67. The molecule has 2 atom stereocenters. The predicted octanol–water partition coefficient (Wildman–Crippen LogP) is 2.55. The SMILES string of the molecule is Cn1nc(C(=O)NC23C=CC(CC2)C3)c2cc(F)ccc21. The van der Waals surface area contributed by atoms with Gasteiger partial charge in [0.1, 0.15) is 5.82 Å². The van der Waals surface area contributed by atoms with Crippen molar-refractivity contribution in [2.45, 2.75) is 24.8 Å². The molecule has 5 heteroatoms. The monoisotopic (exact) mass is 285 g/mol. The van der Waals surface area contributed by atoms with Crippen molar-refractivity contribution in [2.24, 2.45) is 13.0 Å². The first kappa shape index (κ1) is 12.6. The van der Waals surface area contributed by atoms with E-state index in [1.165, 1.54) is 12.1 Å². The lowest BCUT2D eigenvalue weighted by Crippen LogP contribution is -2.44. The van der Waals surface area contributed by atoms with Gasteiger partial charge in [0.25, 0.3) is 5.91 Å². The Hall–Kier alpha value is -2.17. The van der Waals surface area contributed by atoms with Gasteiger partial charge >= 0.3 is 0 Å². The quantitative estimate of drug-likeness (QED) is 0.862. The highest BCUT2D eigenvalue weighted by Gasteiger charge is 2.42. The minimum atomic E-state index is -0.357. The Morgan fingerprint density at radius 3 is 3.05 bits per heavy atom. The first-order valence-electron chi connectivity index (χ1n) is 7.20. The lowest BCUT2D eigenvalue weighted by Gasteiger charge is -2.24. The molecule has 1 fully saturated rings. The molecule has 4 nitrogen and oxygen atoms in total. The molecule has 1 aromatic heterocycles. The van der Waals surface area contributed by atoms with E-state index in [0.717, 1.165) is 24.8 Å². The molecular formula is C16H16FN3O. The molecule has 2 bridgehead atoms. The summed E-state index contributed by atoms with van der Waals surface area (Å²) in [5.74, 6) is 0.00558. The topological polar surface area (TPSA) is 46.9 Å². The predicted molar refractivity (Wildman–Crippen MR) is 77.4 cm³/mol. The van der Waals surface area contributed by atoms with E-state index in [9.17, 15) is 9.18 Å². The molecule has 0 saturated heterocycles. The molecule has 1 aromatic carbocycles. The zero-order chi connectivity index (χ0) is 14.6. The Morgan fingerprint density at radius 2 is 2.38 bits per heavy atom. The average Bonchev–Trinajstić information content (AvgIpc) is 3.12. The number of hydrogen-bond donors (Lipinski definition) is 1. The van der Waals surface area contributed by atoms with Gasteiger partial charge in [0.2, 0.25) is 0 Å². The van der Waals surface area contributed by atoms with E-state index in [0.29, 0.717) is 17.0 Å². The van der Waals surface area contributed by atoms with E-state index in [2.05, 4.69) is 22.6 Å². The van der Waals surface area contributed by atoms with Gasteiger partial charge in [-0.15, -0.1) is 0 Å². The number of hydrogen-bond acceptors (Lipinski definition) is 2. The number of rotatable bonds is 2. The summed E-state index contributed by atoms with van der Waals surface area (Å²) in [6.45, 7) is 0. The van der Waals surface area contributed by atoms with Gasteiger partial charge in [-0.25, -0.2) is 4.39 Å². The number of aryl methyl sites for hydroxylation is 1. The smallest absolute Gasteiger partial charge is 0.273 e. The first-order valence-corrected chi connectivity index (χ1v) is 7.20. The van der Waals surface area contributed by atoms with E-state index in [1.54, 1.807) is 17.8 Å². The molecular weight excluding hydrogens is 269 g/mol. The lowest BCUT2D eigenvalue weighted by molar-refractivity contribution is 0.0915. The lowest BCUT2D eigenvalue weighted by atomic mass is 9.99. The van der Waals surface area contributed by atoms with Crippen LogP contribution in [0.4, 0.5) is 4.39 Å². The molecule has 2 unspecified atom stereocenters. The molecule has 1 amide bonds. The fraction of sp³-hybridized carbons (Fsp3) is 0.375. The second-order valence-corrected chi connectivity index (χ2v) is 6.11. The van der Waals surface area contributed by atoms with Crippen molar-refractivity contribution >= 4 is 16.8 Å². The van der Waals surface area contributed by atoms with Crippen LogP contribution >= 0.6 is 0 Å². The van der Waals surface area contributed by atoms with Gasteiger partial charge in [0.05, 0.1) is 11.1 Å². The van der Waals surface area contributed by atoms with E-state index in [4.69, 9.17) is 0 Å². The highest BCUT2D eigenvalue weighted by atomic mass is 19.1. The maximum Gasteiger partial charge on any atom is 0.273 e. The summed E-state index contributed by atoms with van der Waals surface area (Å²) < 4.78 is 15.1. The Morgan fingerprint density at radius 1 is 1.52 bits per heavy atom. The maximum atomic E-state index is 13.5. The molecule has 2 aromatic rings. The molecule has 4 rings (SSSR count). The molecule has 0 spiro atoms. The number of allylic oxidation sites excluding steroid dienone is 1. The molecule has 1 N–H and O–H groups in total. The number of nitrogens with one attached hydrogen (secondary N) is 1. The van der Waals surface area contributed by atoms with Gasteiger partial charge < -0.3 is 5.32 Å². The van der Waals surface area contributed by atoms with Crippen molar-refractivity contribution < 1.29 is 9.18 Å². The van der Waals surface area contributed by atoms with Gasteiger partial charge in [-0.1, -0.05) is 12.2 Å². The fourth-order valence-electron chi connectivity index (χ4n) is 3.60. The van der Waals surface area contributed by atoms with Crippen LogP contribution in [0.25, 0.3) is 10.9 Å². The highest BCUT2D eigenvalue weighted by molar-refractivity contribution is 6.05. The van der Waals surface area contributed by atoms with E-state index in [-0.39, 0.29) is 17.3 Å². The number of halogens is 1. The molecule has 0 aliphatic heterocycles. The van der Waals surface area contributed by atoms with Gasteiger partial charge in [-0.05, 0) is 43.4 Å². The van der Waals surface area contributed by atoms with Crippen LogP contribution in [-0.2, 0) is 7.05 Å². The molecule has 2 aliphatic carbocycles. The standard InChI is InChI=1S/C16H16FN3O/c1-20-13-3-2-11(17)8-12(13)14(19-20)15(21)18-16-6-4-10(9-16)5-7-16/h2-4,6,8,10H,5,7,9H2,1H3,(H,18,21). The van der Waals surface area contributed by atoms with Crippen molar-refractivity contribution in [1.82, 2.24) is 15.1 Å². The number of carbonyl (C=O) groups is 1. The van der Waals surface area contributed by atoms with Crippen LogP contribution in [0.2, 0.25) is 0 Å². The van der Waals surface area contributed by atoms with Crippen LogP contribution in [0.15, 0.2) is 30.4 Å². The van der Waals surface area contributed by atoms with Gasteiger partial charge in [-0.3, -0.25) is 9.48 Å². The summed E-state index contributed by atoms with van der Waals surface area (Å²) in [5, 5.41) is 7.92. The first-order chi connectivity index (χ1) is 10.1. The number of benzene rings is 1. The largest absolute Gasteiger partial charge is 0.342 e. The minimum Gasteiger partial charge on any atom is -0.342 e. The molecule has 1 saturated carbocycles. The Balaban J connectivity index is 1.71. The number of fused-ring (bicyclic) bond motifs is 3. The summed E-state index contributed by atoms with van der Waals surface area (Å²) >= 11 is 0. The van der Waals surface area contributed by atoms with Gasteiger partial charge in [-0.2, -0.15) is 5.10 Å². The van der Waals surface area contributed by atoms with Crippen LogP contribution in [-0.4, -0.2) is 21.2 Å². The normalized spacial score (nSPS) is 26.7. The summed E-state index contributed by atoms with van der Waals surface area (Å²) in [7, 11) is 1.76. The molecule has 2 aliphatic rings. The van der Waals surface area contributed by atoms with Gasteiger partial charge in [0, 0.05) is 12.4 Å². The van der Waals surface area contributed by atoms with Crippen LogP contribution in [0.5, 0.6) is 0 Å². The van der Waals surface area contributed by atoms with Crippen LogP contribution in [0.3, 0.4) is 0 Å². The van der Waals surface area contributed by atoms with Crippen LogP contribution in [0, 0.1) is 11.7 Å². The van der Waals surface area contributed by atoms with Crippen molar-refractivity contribution in [2.75, 3.05) is 0 Å². The molecule has 108 valence electrons. The number of carbonyl (C=O) groups excluding carboxylic acids is 1. The molecule has 21 heavy (non-hydrogen) atoms. The van der Waals surface area contributed by atoms with Crippen molar-refractivity contribution in [3.05, 3.63) is 41.9 Å². The maximum absolute atomic E-state index is 13.5. The number of amides is 1. The number of nitrogens with zero attached hydrogens (tertiary/aromatic N) is 2. The summed E-state index contributed by atoms with van der Waals surface area (Å²) in [6, 6.07) is 4.40. The summed E-state index contributed by atoms with van der Waals surface area (Å²) in [6.07, 6.45) is 7.34. The van der Waals surface area contributed by atoms with Crippen molar-refractivity contribution in [3.8, 4) is 0 Å². The number of aromatic nitrogens is 2. The molecule has 1 heterocycles. The second-order valence-electron chi connectivity index (χ2n) is 6.11. The third kappa shape index (κ3) is 1.87. The van der Waals surface area contributed by atoms with Crippen LogP contribution < -0.4 is 5.32 Å². The van der Waals surface area contributed by atoms with E-state index in [1.807, 2.05) is 0 Å². The van der Waals surface area contributed by atoms with E-state index < -0.39 is 0 Å². The Kier molecular flexibility index (Phi) is 2.49. The van der Waals surface area contributed by atoms with Gasteiger partial charge in [0.15, 0.2) is 5.69 Å². The van der Waals surface area contributed by atoms with Crippen molar-refractivity contribution in [1.29, 1.82) is 0 Å².